The number of rotatable bonds is 6. The second-order valence-electron chi connectivity index (χ2n) is 4.54. The van der Waals surface area contributed by atoms with Gasteiger partial charge in [0.05, 0.1) is 4.90 Å². The van der Waals surface area contributed by atoms with E-state index in [4.69, 9.17) is 11.6 Å². The van der Waals surface area contributed by atoms with Crippen molar-refractivity contribution in [2.24, 2.45) is 0 Å². The number of halogens is 1. The molecule has 21 heavy (non-hydrogen) atoms. The van der Waals surface area contributed by atoms with E-state index < -0.39 is 10.0 Å². The summed E-state index contributed by atoms with van der Waals surface area (Å²) < 4.78 is 27.0. The van der Waals surface area contributed by atoms with Crippen molar-refractivity contribution < 1.29 is 8.42 Å². The third kappa shape index (κ3) is 4.46. The Labute approximate surface area is 130 Å². The third-order valence-electron chi connectivity index (χ3n) is 2.91. The summed E-state index contributed by atoms with van der Waals surface area (Å²) in [6.07, 6.45) is 0. The highest BCUT2D eigenvalue weighted by Gasteiger charge is 2.13. The molecule has 0 atom stereocenters. The summed E-state index contributed by atoms with van der Waals surface area (Å²) in [5.74, 6) is 0. The van der Waals surface area contributed by atoms with E-state index in [-0.39, 0.29) is 4.90 Å². The van der Waals surface area contributed by atoms with Crippen LogP contribution in [0.25, 0.3) is 0 Å². The number of sulfonamides is 1. The first-order valence-corrected chi connectivity index (χ1v) is 8.45. The van der Waals surface area contributed by atoms with Gasteiger partial charge in [-0.25, -0.2) is 8.42 Å². The molecule has 2 N–H and O–H groups in total. The monoisotopic (exact) mass is 324 g/mol. The lowest BCUT2D eigenvalue weighted by Gasteiger charge is -2.09. The molecule has 0 aliphatic heterocycles. The lowest BCUT2D eigenvalue weighted by Crippen LogP contribution is -2.14. The summed E-state index contributed by atoms with van der Waals surface area (Å²) >= 11 is 5.78. The van der Waals surface area contributed by atoms with Gasteiger partial charge in [-0.3, -0.25) is 4.72 Å². The van der Waals surface area contributed by atoms with Crippen LogP contribution in [0.1, 0.15) is 12.5 Å². The predicted octanol–water partition coefficient (Wildman–Crippen LogP) is 3.25. The van der Waals surface area contributed by atoms with Crippen LogP contribution in [0.4, 0.5) is 5.69 Å². The molecule has 0 saturated heterocycles. The van der Waals surface area contributed by atoms with Gasteiger partial charge in [0.15, 0.2) is 0 Å². The van der Waals surface area contributed by atoms with Crippen LogP contribution < -0.4 is 10.0 Å². The first kappa shape index (κ1) is 15.8. The normalized spacial score (nSPS) is 11.3. The molecular weight excluding hydrogens is 308 g/mol. The standard InChI is InChI=1S/C15H17ClN2O2S/c1-2-17-11-12-3-9-15(10-4-12)21(19,20)18-14-7-5-13(16)6-8-14/h3-10,17-18H,2,11H2,1H3. The molecule has 2 aromatic rings. The van der Waals surface area contributed by atoms with E-state index in [0.29, 0.717) is 10.7 Å². The Morgan fingerprint density at radius 2 is 1.62 bits per heavy atom. The summed E-state index contributed by atoms with van der Waals surface area (Å²) in [5.41, 5.74) is 1.53. The van der Waals surface area contributed by atoms with Gasteiger partial charge in [-0.1, -0.05) is 30.7 Å². The molecule has 112 valence electrons. The smallest absolute Gasteiger partial charge is 0.261 e. The summed E-state index contributed by atoms with van der Waals surface area (Å²) in [4.78, 5) is 0.234. The second kappa shape index (κ2) is 6.93. The Morgan fingerprint density at radius 1 is 1.00 bits per heavy atom. The Morgan fingerprint density at radius 3 is 2.19 bits per heavy atom. The number of hydrogen-bond acceptors (Lipinski definition) is 3. The van der Waals surface area contributed by atoms with Gasteiger partial charge in [0.25, 0.3) is 10.0 Å². The summed E-state index contributed by atoms with van der Waals surface area (Å²) in [6, 6.07) is 13.3. The Bertz CT molecular complexity index is 683. The van der Waals surface area contributed by atoms with Crippen molar-refractivity contribution >= 4 is 27.3 Å². The van der Waals surface area contributed by atoms with E-state index in [1.807, 2.05) is 6.92 Å². The second-order valence-corrected chi connectivity index (χ2v) is 6.66. The molecule has 2 aromatic carbocycles. The molecule has 0 fully saturated rings. The fourth-order valence-electron chi connectivity index (χ4n) is 1.79. The van der Waals surface area contributed by atoms with Crippen LogP contribution in [0.2, 0.25) is 5.02 Å². The van der Waals surface area contributed by atoms with E-state index in [0.717, 1.165) is 18.7 Å². The largest absolute Gasteiger partial charge is 0.313 e. The lowest BCUT2D eigenvalue weighted by molar-refractivity contribution is 0.601. The molecule has 4 nitrogen and oxygen atoms in total. The van der Waals surface area contributed by atoms with Crippen molar-refractivity contribution in [2.75, 3.05) is 11.3 Å². The highest BCUT2D eigenvalue weighted by molar-refractivity contribution is 7.92. The van der Waals surface area contributed by atoms with Gasteiger partial charge in [-0.15, -0.1) is 0 Å². The zero-order valence-electron chi connectivity index (χ0n) is 11.6. The van der Waals surface area contributed by atoms with Crippen LogP contribution in [0, 0.1) is 0 Å². The van der Waals surface area contributed by atoms with Gasteiger partial charge < -0.3 is 5.32 Å². The number of benzene rings is 2. The van der Waals surface area contributed by atoms with Crippen LogP contribution in [0.3, 0.4) is 0 Å². The Hall–Kier alpha value is -1.56. The minimum atomic E-state index is -3.58. The molecule has 0 heterocycles. The average molecular weight is 325 g/mol. The van der Waals surface area contributed by atoms with Crippen molar-refractivity contribution in [3.05, 3.63) is 59.1 Å². The fraction of sp³-hybridized carbons (Fsp3) is 0.200. The van der Waals surface area contributed by atoms with Crippen molar-refractivity contribution in [1.29, 1.82) is 0 Å². The van der Waals surface area contributed by atoms with E-state index in [9.17, 15) is 8.42 Å². The quantitative estimate of drug-likeness (QED) is 0.857. The van der Waals surface area contributed by atoms with E-state index in [1.54, 1.807) is 48.5 Å². The van der Waals surface area contributed by atoms with Crippen molar-refractivity contribution in [2.45, 2.75) is 18.4 Å². The van der Waals surface area contributed by atoms with Crippen LogP contribution in [0.15, 0.2) is 53.4 Å². The molecular formula is C15H17ClN2O2S. The van der Waals surface area contributed by atoms with Gasteiger partial charge in [0, 0.05) is 17.3 Å². The van der Waals surface area contributed by atoms with Crippen molar-refractivity contribution in [1.82, 2.24) is 5.32 Å². The molecule has 0 aliphatic carbocycles. The van der Waals surface area contributed by atoms with E-state index in [2.05, 4.69) is 10.0 Å². The molecule has 0 amide bonds. The third-order valence-corrected chi connectivity index (χ3v) is 4.56. The van der Waals surface area contributed by atoms with E-state index in [1.165, 1.54) is 0 Å². The zero-order valence-corrected chi connectivity index (χ0v) is 13.2. The minimum absolute atomic E-state index is 0.234. The Balaban J connectivity index is 2.13. The lowest BCUT2D eigenvalue weighted by atomic mass is 10.2. The highest BCUT2D eigenvalue weighted by atomic mass is 35.5. The van der Waals surface area contributed by atoms with Gasteiger partial charge in [-0.05, 0) is 48.5 Å². The first-order chi connectivity index (χ1) is 10.0. The molecule has 0 unspecified atom stereocenters. The van der Waals surface area contributed by atoms with E-state index >= 15 is 0 Å². The number of hydrogen-bond donors (Lipinski definition) is 2. The average Bonchev–Trinajstić information content (AvgIpc) is 2.48. The number of nitrogens with one attached hydrogen (secondary N) is 2. The topological polar surface area (TPSA) is 58.2 Å². The maximum atomic E-state index is 12.3. The maximum absolute atomic E-state index is 12.3. The van der Waals surface area contributed by atoms with Gasteiger partial charge >= 0.3 is 0 Å². The molecule has 0 bridgehead atoms. The molecule has 0 saturated carbocycles. The van der Waals surface area contributed by atoms with Gasteiger partial charge in [0.2, 0.25) is 0 Å². The Kier molecular flexibility index (Phi) is 5.22. The molecule has 0 spiro atoms. The molecule has 0 aromatic heterocycles. The van der Waals surface area contributed by atoms with Crippen LogP contribution in [-0.2, 0) is 16.6 Å². The molecule has 0 aliphatic rings. The van der Waals surface area contributed by atoms with Gasteiger partial charge in [-0.2, -0.15) is 0 Å². The van der Waals surface area contributed by atoms with Crippen LogP contribution in [0.5, 0.6) is 0 Å². The zero-order chi connectivity index (χ0) is 15.3. The molecule has 0 radical (unpaired) electrons. The fourth-order valence-corrected chi connectivity index (χ4v) is 2.97. The molecule has 6 heteroatoms. The summed E-state index contributed by atoms with van der Waals surface area (Å²) in [6.45, 7) is 3.62. The van der Waals surface area contributed by atoms with Gasteiger partial charge in [0.1, 0.15) is 0 Å². The van der Waals surface area contributed by atoms with Crippen molar-refractivity contribution in [3.63, 3.8) is 0 Å². The SMILES string of the molecule is CCNCc1ccc(S(=O)(=O)Nc2ccc(Cl)cc2)cc1. The number of anilines is 1. The van der Waals surface area contributed by atoms with Crippen molar-refractivity contribution in [3.8, 4) is 0 Å². The predicted molar refractivity (Wildman–Crippen MR) is 86.1 cm³/mol. The first-order valence-electron chi connectivity index (χ1n) is 6.59. The maximum Gasteiger partial charge on any atom is 0.261 e. The molecule has 2 rings (SSSR count). The minimum Gasteiger partial charge on any atom is -0.313 e. The summed E-state index contributed by atoms with van der Waals surface area (Å²) in [7, 11) is -3.58. The summed E-state index contributed by atoms with van der Waals surface area (Å²) in [5, 5.41) is 3.75. The van der Waals surface area contributed by atoms with Crippen LogP contribution >= 0.6 is 11.6 Å². The van der Waals surface area contributed by atoms with Crippen LogP contribution in [-0.4, -0.2) is 15.0 Å². The highest BCUT2D eigenvalue weighted by Crippen LogP contribution is 2.18.